The second kappa shape index (κ2) is 7.21. The topological polar surface area (TPSA) is 76.2 Å². The van der Waals surface area contributed by atoms with Gasteiger partial charge in [0, 0.05) is 20.1 Å². The van der Waals surface area contributed by atoms with E-state index in [1.165, 1.54) is 4.31 Å². The number of amides is 1. The predicted molar refractivity (Wildman–Crippen MR) is 92.8 cm³/mol. The lowest BCUT2D eigenvalue weighted by atomic mass is 10.1. The number of rotatable bonds is 6. The SMILES string of the molecule is CCCS(=O)(=O)N1CCC[C@@H]1C(=O)N(C)Cc1ccc2c(c1)OCO2. The molecule has 1 saturated heterocycles. The summed E-state index contributed by atoms with van der Waals surface area (Å²) < 4.78 is 36.8. The Labute approximate surface area is 148 Å². The summed E-state index contributed by atoms with van der Waals surface area (Å²) >= 11 is 0. The highest BCUT2D eigenvalue weighted by Crippen LogP contribution is 2.33. The molecule has 1 atom stereocenters. The van der Waals surface area contributed by atoms with Gasteiger partial charge in [0.15, 0.2) is 11.5 Å². The Morgan fingerprint density at radius 2 is 2.08 bits per heavy atom. The van der Waals surface area contributed by atoms with Gasteiger partial charge in [0.2, 0.25) is 22.7 Å². The van der Waals surface area contributed by atoms with E-state index in [0.717, 1.165) is 12.0 Å². The van der Waals surface area contributed by atoms with Crippen molar-refractivity contribution in [1.82, 2.24) is 9.21 Å². The first-order chi connectivity index (χ1) is 11.9. The summed E-state index contributed by atoms with van der Waals surface area (Å²) in [5.74, 6) is 1.30. The third-order valence-corrected chi connectivity index (χ3v) is 6.62. The van der Waals surface area contributed by atoms with Crippen molar-refractivity contribution >= 4 is 15.9 Å². The Kier molecular flexibility index (Phi) is 5.19. The largest absolute Gasteiger partial charge is 0.454 e. The molecule has 1 fully saturated rings. The molecule has 1 amide bonds. The van der Waals surface area contributed by atoms with E-state index in [-0.39, 0.29) is 18.5 Å². The summed E-state index contributed by atoms with van der Waals surface area (Å²) in [6, 6.07) is 4.98. The van der Waals surface area contributed by atoms with Gasteiger partial charge in [0.1, 0.15) is 6.04 Å². The smallest absolute Gasteiger partial charge is 0.241 e. The number of carbonyl (C=O) groups is 1. The van der Waals surface area contributed by atoms with Crippen LogP contribution in [-0.4, -0.2) is 55.7 Å². The molecule has 2 aliphatic rings. The molecule has 3 rings (SSSR count). The Morgan fingerprint density at radius 1 is 1.32 bits per heavy atom. The van der Waals surface area contributed by atoms with Crippen LogP contribution in [0.25, 0.3) is 0 Å². The van der Waals surface area contributed by atoms with Crippen LogP contribution in [0.4, 0.5) is 0 Å². The van der Waals surface area contributed by atoms with E-state index in [1.807, 2.05) is 25.1 Å². The van der Waals surface area contributed by atoms with Gasteiger partial charge in [-0.3, -0.25) is 4.79 Å². The van der Waals surface area contributed by atoms with Gasteiger partial charge in [-0.15, -0.1) is 0 Å². The molecular weight excluding hydrogens is 344 g/mol. The summed E-state index contributed by atoms with van der Waals surface area (Å²) in [4.78, 5) is 14.4. The zero-order chi connectivity index (χ0) is 18.0. The van der Waals surface area contributed by atoms with E-state index >= 15 is 0 Å². The van der Waals surface area contributed by atoms with E-state index in [1.54, 1.807) is 11.9 Å². The van der Waals surface area contributed by atoms with Crippen molar-refractivity contribution in [1.29, 1.82) is 0 Å². The Balaban J connectivity index is 1.69. The minimum atomic E-state index is -3.37. The molecule has 0 aliphatic carbocycles. The van der Waals surface area contributed by atoms with Crippen molar-refractivity contribution in [3.63, 3.8) is 0 Å². The van der Waals surface area contributed by atoms with E-state index in [4.69, 9.17) is 9.47 Å². The first-order valence-electron chi connectivity index (χ1n) is 8.55. The maximum atomic E-state index is 12.8. The van der Waals surface area contributed by atoms with Gasteiger partial charge < -0.3 is 14.4 Å². The van der Waals surface area contributed by atoms with Crippen molar-refractivity contribution in [3.05, 3.63) is 23.8 Å². The highest BCUT2D eigenvalue weighted by atomic mass is 32.2. The molecule has 1 aromatic carbocycles. The number of sulfonamides is 1. The molecule has 0 bridgehead atoms. The molecule has 0 saturated carbocycles. The summed E-state index contributed by atoms with van der Waals surface area (Å²) in [7, 11) is -1.67. The molecule has 138 valence electrons. The zero-order valence-corrected chi connectivity index (χ0v) is 15.4. The molecule has 2 heterocycles. The molecule has 0 unspecified atom stereocenters. The number of nitrogens with zero attached hydrogens (tertiary/aromatic N) is 2. The quantitative estimate of drug-likeness (QED) is 0.762. The first-order valence-corrected chi connectivity index (χ1v) is 10.2. The molecule has 0 spiro atoms. The van der Waals surface area contributed by atoms with Crippen LogP contribution < -0.4 is 9.47 Å². The number of fused-ring (bicyclic) bond motifs is 1. The lowest BCUT2D eigenvalue weighted by Gasteiger charge is -2.27. The Hall–Kier alpha value is -1.80. The van der Waals surface area contributed by atoms with Crippen LogP contribution in [0.5, 0.6) is 11.5 Å². The molecule has 0 radical (unpaired) electrons. The van der Waals surface area contributed by atoms with Gasteiger partial charge in [-0.05, 0) is 37.0 Å². The standard InChI is InChI=1S/C17H24N2O5S/c1-3-9-25(21,22)19-8-4-5-14(19)17(20)18(2)11-13-6-7-15-16(10-13)24-12-23-15/h6-7,10,14H,3-5,8-9,11-12H2,1-2H3/t14-/m1/s1. The molecule has 1 aromatic rings. The fraction of sp³-hybridized carbons (Fsp3) is 0.588. The minimum Gasteiger partial charge on any atom is -0.454 e. The average molecular weight is 368 g/mol. The van der Waals surface area contributed by atoms with Crippen molar-refractivity contribution in [3.8, 4) is 11.5 Å². The lowest BCUT2D eigenvalue weighted by molar-refractivity contribution is -0.133. The summed E-state index contributed by atoms with van der Waals surface area (Å²) in [5, 5.41) is 0. The average Bonchev–Trinajstić information content (AvgIpc) is 3.23. The number of hydrogen-bond donors (Lipinski definition) is 0. The maximum Gasteiger partial charge on any atom is 0.241 e. The van der Waals surface area contributed by atoms with Crippen LogP contribution in [0, 0.1) is 0 Å². The summed E-state index contributed by atoms with van der Waals surface area (Å²) in [6.45, 7) is 2.86. The third-order valence-electron chi connectivity index (χ3n) is 4.54. The molecule has 25 heavy (non-hydrogen) atoms. The summed E-state index contributed by atoms with van der Waals surface area (Å²) in [6.07, 6.45) is 1.84. The Morgan fingerprint density at radius 3 is 2.84 bits per heavy atom. The van der Waals surface area contributed by atoms with Crippen molar-refractivity contribution in [2.75, 3.05) is 26.1 Å². The number of benzene rings is 1. The third kappa shape index (κ3) is 3.74. The zero-order valence-electron chi connectivity index (χ0n) is 14.6. The number of likely N-dealkylation sites (N-methyl/N-ethyl adjacent to an activating group) is 1. The highest BCUT2D eigenvalue weighted by molar-refractivity contribution is 7.89. The molecule has 8 heteroatoms. The monoisotopic (exact) mass is 368 g/mol. The van der Waals surface area contributed by atoms with Gasteiger partial charge in [-0.1, -0.05) is 13.0 Å². The van der Waals surface area contributed by atoms with Gasteiger partial charge in [-0.25, -0.2) is 8.42 Å². The van der Waals surface area contributed by atoms with Crippen LogP contribution in [0.3, 0.4) is 0 Å². The van der Waals surface area contributed by atoms with Gasteiger partial charge >= 0.3 is 0 Å². The van der Waals surface area contributed by atoms with Crippen LogP contribution >= 0.6 is 0 Å². The minimum absolute atomic E-state index is 0.0860. The van der Waals surface area contributed by atoms with Gasteiger partial charge in [0.25, 0.3) is 0 Å². The van der Waals surface area contributed by atoms with Crippen LogP contribution in [-0.2, 0) is 21.4 Å². The van der Waals surface area contributed by atoms with Crippen LogP contribution in [0.2, 0.25) is 0 Å². The Bertz CT molecular complexity index is 749. The second-order valence-electron chi connectivity index (χ2n) is 6.47. The van der Waals surface area contributed by atoms with Gasteiger partial charge in [-0.2, -0.15) is 4.31 Å². The van der Waals surface area contributed by atoms with Crippen LogP contribution in [0.15, 0.2) is 18.2 Å². The van der Waals surface area contributed by atoms with Gasteiger partial charge in [0.05, 0.1) is 5.75 Å². The van der Waals surface area contributed by atoms with E-state index in [0.29, 0.717) is 37.4 Å². The van der Waals surface area contributed by atoms with Crippen molar-refractivity contribution < 1.29 is 22.7 Å². The second-order valence-corrected chi connectivity index (χ2v) is 8.51. The van der Waals surface area contributed by atoms with Crippen molar-refractivity contribution in [2.45, 2.75) is 38.8 Å². The molecule has 7 nitrogen and oxygen atoms in total. The number of carbonyl (C=O) groups excluding carboxylic acids is 1. The van der Waals surface area contributed by atoms with E-state index in [2.05, 4.69) is 0 Å². The fourth-order valence-corrected chi connectivity index (χ4v) is 5.08. The van der Waals surface area contributed by atoms with E-state index < -0.39 is 16.1 Å². The fourth-order valence-electron chi connectivity index (χ4n) is 3.34. The lowest BCUT2D eigenvalue weighted by Crippen LogP contribution is -2.46. The summed E-state index contributed by atoms with van der Waals surface area (Å²) in [5.41, 5.74) is 0.918. The predicted octanol–water partition coefficient (Wildman–Crippen LogP) is 1.58. The first kappa shape index (κ1) is 18.0. The molecule has 0 N–H and O–H groups in total. The normalized spacial score (nSPS) is 20.0. The van der Waals surface area contributed by atoms with Crippen molar-refractivity contribution in [2.24, 2.45) is 0 Å². The molecule has 2 aliphatic heterocycles. The number of hydrogen-bond acceptors (Lipinski definition) is 5. The molecular formula is C17H24N2O5S. The van der Waals surface area contributed by atoms with E-state index in [9.17, 15) is 13.2 Å². The number of ether oxygens (including phenoxy) is 2. The molecule has 0 aromatic heterocycles. The van der Waals surface area contributed by atoms with Crippen LogP contribution in [0.1, 0.15) is 31.7 Å². The highest BCUT2D eigenvalue weighted by Gasteiger charge is 2.39. The maximum absolute atomic E-state index is 12.8.